The minimum absolute atomic E-state index is 0.261. The Labute approximate surface area is 155 Å². The van der Waals surface area contributed by atoms with Crippen molar-refractivity contribution in [2.75, 3.05) is 50.7 Å². The molecule has 1 aromatic heterocycles. The summed E-state index contributed by atoms with van der Waals surface area (Å²) < 4.78 is 1.02. The van der Waals surface area contributed by atoms with E-state index in [0.717, 1.165) is 60.5 Å². The molecule has 3 heterocycles. The van der Waals surface area contributed by atoms with Crippen LogP contribution in [0, 0.1) is 0 Å². The van der Waals surface area contributed by atoms with Gasteiger partial charge in [0.1, 0.15) is 12.1 Å². The van der Waals surface area contributed by atoms with Crippen LogP contribution in [0.1, 0.15) is 12.8 Å². The number of benzene rings is 1. The van der Waals surface area contributed by atoms with E-state index in [1.807, 2.05) is 17.0 Å². The number of aromatic nitrogens is 2. The number of hydrogen-bond donors (Lipinski definition) is 0. The Morgan fingerprint density at radius 1 is 1.04 bits per heavy atom. The molecule has 0 atom stereocenters. The highest BCUT2D eigenvalue weighted by Gasteiger charge is 2.25. The maximum Gasteiger partial charge on any atom is 0.236 e. The quantitative estimate of drug-likeness (QED) is 0.785. The van der Waals surface area contributed by atoms with Crippen LogP contribution in [0.15, 0.2) is 29.0 Å². The second-order valence-corrected chi connectivity index (χ2v) is 7.63. The number of rotatable bonds is 3. The van der Waals surface area contributed by atoms with E-state index in [2.05, 4.69) is 41.8 Å². The van der Waals surface area contributed by atoms with Gasteiger partial charge in [-0.2, -0.15) is 0 Å². The SMILES string of the molecule is O=C(CN1CCCC1)N1CCN(c2ncnc3ccc(Br)cc23)CC1. The third-order valence-electron chi connectivity index (χ3n) is 5.07. The molecule has 132 valence electrons. The molecule has 0 spiro atoms. The molecule has 0 unspecified atom stereocenters. The summed E-state index contributed by atoms with van der Waals surface area (Å²) in [6.07, 6.45) is 4.06. The van der Waals surface area contributed by atoms with Crippen molar-refractivity contribution in [3.8, 4) is 0 Å². The van der Waals surface area contributed by atoms with Crippen LogP contribution in [0.5, 0.6) is 0 Å². The lowest BCUT2D eigenvalue weighted by Gasteiger charge is -2.36. The standard InChI is InChI=1S/C18H22BrN5O/c19-14-3-4-16-15(11-14)18(21-13-20-16)24-9-7-23(8-10-24)17(25)12-22-5-1-2-6-22/h3-4,11,13H,1-2,5-10,12H2. The van der Waals surface area contributed by atoms with Gasteiger partial charge in [-0.15, -0.1) is 0 Å². The monoisotopic (exact) mass is 403 g/mol. The zero-order valence-electron chi connectivity index (χ0n) is 14.2. The van der Waals surface area contributed by atoms with Crippen LogP contribution in [-0.4, -0.2) is 71.5 Å². The molecule has 0 saturated carbocycles. The van der Waals surface area contributed by atoms with Gasteiger partial charge in [0.05, 0.1) is 12.1 Å². The molecule has 2 fully saturated rings. The predicted octanol–water partition coefficient (Wildman–Crippen LogP) is 2.14. The first-order valence-corrected chi connectivity index (χ1v) is 9.65. The van der Waals surface area contributed by atoms with Gasteiger partial charge in [-0.05, 0) is 44.1 Å². The normalized spacial score (nSPS) is 18.9. The highest BCUT2D eigenvalue weighted by Crippen LogP contribution is 2.26. The molecule has 1 aromatic carbocycles. The number of nitrogens with zero attached hydrogens (tertiary/aromatic N) is 5. The summed E-state index contributed by atoms with van der Waals surface area (Å²) >= 11 is 3.53. The summed E-state index contributed by atoms with van der Waals surface area (Å²) in [5.41, 5.74) is 0.945. The summed E-state index contributed by atoms with van der Waals surface area (Å²) in [6.45, 7) is 5.83. The van der Waals surface area contributed by atoms with E-state index in [4.69, 9.17) is 0 Å². The van der Waals surface area contributed by atoms with E-state index >= 15 is 0 Å². The first-order valence-electron chi connectivity index (χ1n) is 8.86. The van der Waals surface area contributed by atoms with E-state index in [1.54, 1.807) is 6.33 Å². The van der Waals surface area contributed by atoms with Gasteiger partial charge in [-0.25, -0.2) is 9.97 Å². The Morgan fingerprint density at radius 2 is 1.80 bits per heavy atom. The fraction of sp³-hybridized carbons (Fsp3) is 0.500. The second kappa shape index (κ2) is 7.25. The van der Waals surface area contributed by atoms with Gasteiger partial charge < -0.3 is 9.80 Å². The number of carbonyl (C=O) groups excluding carboxylic acids is 1. The molecule has 2 saturated heterocycles. The molecule has 2 aliphatic heterocycles. The van der Waals surface area contributed by atoms with Crippen molar-refractivity contribution in [3.63, 3.8) is 0 Å². The largest absolute Gasteiger partial charge is 0.352 e. The number of likely N-dealkylation sites (tertiary alicyclic amines) is 1. The number of hydrogen-bond acceptors (Lipinski definition) is 5. The Kier molecular flexibility index (Phi) is 4.85. The van der Waals surface area contributed by atoms with E-state index in [9.17, 15) is 4.79 Å². The summed E-state index contributed by atoms with van der Waals surface area (Å²) in [6, 6.07) is 6.06. The highest BCUT2D eigenvalue weighted by molar-refractivity contribution is 9.10. The van der Waals surface area contributed by atoms with E-state index in [0.29, 0.717) is 6.54 Å². The molecule has 25 heavy (non-hydrogen) atoms. The average Bonchev–Trinajstić information content (AvgIpc) is 3.14. The minimum atomic E-state index is 0.261. The molecule has 1 amide bonds. The van der Waals surface area contributed by atoms with Gasteiger partial charge in [-0.3, -0.25) is 9.69 Å². The van der Waals surface area contributed by atoms with Gasteiger partial charge >= 0.3 is 0 Å². The first-order chi connectivity index (χ1) is 12.2. The van der Waals surface area contributed by atoms with Crippen LogP contribution in [0.2, 0.25) is 0 Å². The van der Waals surface area contributed by atoms with Crippen LogP contribution in [0.3, 0.4) is 0 Å². The predicted molar refractivity (Wildman–Crippen MR) is 102 cm³/mol. The number of piperazine rings is 1. The Hall–Kier alpha value is -1.73. The fourth-order valence-electron chi connectivity index (χ4n) is 3.67. The van der Waals surface area contributed by atoms with Crippen molar-refractivity contribution in [2.24, 2.45) is 0 Å². The number of fused-ring (bicyclic) bond motifs is 1. The summed E-state index contributed by atoms with van der Waals surface area (Å²) in [5, 5.41) is 1.05. The van der Waals surface area contributed by atoms with Gasteiger partial charge in [0.2, 0.25) is 5.91 Å². The van der Waals surface area contributed by atoms with E-state index in [1.165, 1.54) is 12.8 Å². The fourth-order valence-corrected chi connectivity index (χ4v) is 4.03. The Morgan fingerprint density at radius 3 is 2.56 bits per heavy atom. The van der Waals surface area contributed by atoms with Crippen molar-refractivity contribution < 1.29 is 4.79 Å². The molecular formula is C18H22BrN5O. The van der Waals surface area contributed by atoms with Crippen LogP contribution in [0.4, 0.5) is 5.82 Å². The molecular weight excluding hydrogens is 382 g/mol. The molecule has 7 heteroatoms. The molecule has 0 radical (unpaired) electrons. The zero-order chi connectivity index (χ0) is 17.2. The smallest absolute Gasteiger partial charge is 0.236 e. The van der Waals surface area contributed by atoms with Crippen LogP contribution < -0.4 is 4.90 Å². The minimum Gasteiger partial charge on any atom is -0.352 e. The summed E-state index contributed by atoms with van der Waals surface area (Å²) in [7, 11) is 0. The maximum atomic E-state index is 12.5. The molecule has 2 aliphatic rings. The van der Waals surface area contributed by atoms with E-state index in [-0.39, 0.29) is 5.91 Å². The lowest BCUT2D eigenvalue weighted by molar-refractivity contribution is -0.132. The summed E-state index contributed by atoms with van der Waals surface area (Å²) in [5.74, 6) is 1.22. The third-order valence-corrected chi connectivity index (χ3v) is 5.56. The van der Waals surface area contributed by atoms with Gasteiger partial charge in [0.15, 0.2) is 0 Å². The number of carbonyl (C=O) groups is 1. The van der Waals surface area contributed by atoms with Crippen LogP contribution in [0.25, 0.3) is 10.9 Å². The first kappa shape index (κ1) is 16.7. The van der Waals surface area contributed by atoms with Crippen LogP contribution >= 0.6 is 15.9 Å². The number of anilines is 1. The number of amides is 1. The van der Waals surface area contributed by atoms with Crippen molar-refractivity contribution in [2.45, 2.75) is 12.8 Å². The molecule has 2 aromatic rings. The van der Waals surface area contributed by atoms with Crippen LogP contribution in [-0.2, 0) is 4.79 Å². The van der Waals surface area contributed by atoms with Gasteiger partial charge in [0.25, 0.3) is 0 Å². The molecule has 6 nitrogen and oxygen atoms in total. The molecule has 4 rings (SSSR count). The average molecular weight is 404 g/mol. The zero-order valence-corrected chi connectivity index (χ0v) is 15.8. The topological polar surface area (TPSA) is 52.6 Å². The lowest BCUT2D eigenvalue weighted by atomic mass is 10.2. The lowest BCUT2D eigenvalue weighted by Crippen LogP contribution is -2.51. The molecule has 0 bridgehead atoms. The van der Waals surface area contributed by atoms with Crippen molar-refractivity contribution >= 4 is 38.6 Å². The third kappa shape index (κ3) is 3.62. The second-order valence-electron chi connectivity index (χ2n) is 6.71. The van der Waals surface area contributed by atoms with E-state index < -0.39 is 0 Å². The van der Waals surface area contributed by atoms with Gasteiger partial charge in [-0.1, -0.05) is 15.9 Å². The molecule has 0 aliphatic carbocycles. The highest BCUT2D eigenvalue weighted by atomic mass is 79.9. The molecule has 0 N–H and O–H groups in total. The summed E-state index contributed by atoms with van der Waals surface area (Å²) in [4.78, 5) is 27.9. The van der Waals surface area contributed by atoms with Gasteiger partial charge in [0, 0.05) is 36.0 Å². The van der Waals surface area contributed by atoms with Crippen molar-refractivity contribution in [1.82, 2.24) is 19.8 Å². The maximum absolute atomic E-state index is 12.5. The van der Waals surface area contributed by atoms with Crippen molar-refractivity contribution in [1.29, 1.82) is 0 Å². The Balaban J connectivity index is 1.43. The Bertz CT molecular complexity index is 769. The van der Waals surface area contributed by atoms with Crippen molar-refractivity contribution in [3.05, 3.63) is 29.0 Å². The number of halogens is 1.